The van der Waals surface area contributed by atoms with Gasteiger partial charge in [-0.25, -0.2) is 0 Å². The molecule has 0 radical (unpaired) electrons. The summed E-state index contributed by atoms with van der Waals surface area (Å²) in [5, 5.41) is 0. The number of hydrogen-bond donors (Lipinski definition) is 1. The number of anilines is 1. The summed E-state index contributed by atoms with van der Waals surface area (Å²) < 4.78 is 6.04. The van der Waals surface area contributed by atoms with Gasteiger partial charge < -0.3 is 10.5 Å². The third-order valence-corrected chi connectivity index (χ3v) is 3.67. The Morgan fingerprint density at radius 3 is 2.63 bits per heavy atom. The molecule has 0 saturated carbocycles. The van der Waals surface area contributed by atoms with E-state index in [9.17, 15) is 4.79 Å². The highest BCUT2D eigenvalue weighted by Crippen LogP contribution is 2.26. The van der Waals surface area contributed by atoms with Gasteiger partial charge in [-0.15, -0.1) is 0 Å². The summed E-state index contributed by atoms with van der Waals surface area (Å²) in [5.41, 5.74) is 7.75. The highest BCUT2D eigenvalue weighted by molar-refractivity contribution is 9.10. The molecule has 0 aliphatic rings. The molecule has 2 aromatic rings. The van der Waals surface area contributed by atoms with E-state index in [0.29, 0.717) is 23.4 Å². The van der Waals surface area contributed by atoms with Crippen LogP contribution in [0.3, 0.4) is 0 Å². The lowest BCUT2D eigenvalue weighted by Crippen LogP contribution is -2.08. The lowest BCUT2D eigenvalue weighted by molar-refractivity contribution is 0.0993. The van der Waals surface area contributed by atoms with E-state index in [0.717, 1.165) is 10.0 Å². The Labute approximate surface area is 120 Å². The van der Waals surface area contributed by atoms with Gasteiger partial charge in [-0.2, -0.15) is 0 Å². The summed E-state index contributed by atoms with van der Waals surface area (Å²) in [5.74, 6) is 0.501. The fraction of sp³-hybridized carbons (Fsp3) is 0.133. The molecule has 0 unspecified atom stereocenters. The van der Waals surface area contributed by atoms with Crippen molar-refractivity contribution in [3.05, 3.63) is 58.1 Å². The summed E-state index contributed by atoms with van der Waals surface area (Å²) in [6.07, 6.45) is 0.304. The lowest BCUT2D eigenvalue weighted by Gasteiger charge is -2.09. The third-order valence-electron chi connectivity index (χ3n) is 2.90. The summed E-state index contributed by atoms with van der Waals surface area (Å²) >= 11 is 3.44. The number of benzene rings is 2. The molecule has 0 bridgehead atoms. The zero-order chi connectivity index (χ0) is 13.8. The molecular weight excluding hydrogens is 306 g/mol. The zero-order valence-corrected chi connectivity index (χ0v) is 12.1. The van der Waals surface area contributed by atoms with Gasteiger partial charge in [-0.05, 0) is 23.8 Å². The molecular formula is C15H14BrNO2. The summed E-state index contributed by atoms with van der Waals surface area (Å²) in [4.78, 5) is 12.3. The number of para-hydroxylation sites is 1. The van der Waals surface area contributed by atoms with E-state index in [1.54, 1.807) is 18.2 Å². The molecule has 4 heteroatoms. The maximum Gasteiger partial charge on any atom is 0.169 e. The van der Waals surface area contributed by atoms with Crippen molar-refractivity contribution in [1.29, 1.82) is 0 Å². The van der Waals surface area contributed by atoms with Crippen LogP contribution in [0, 0.1) is 0 Å². The quantitative estimate of drug-likeness (QED) is 0.693. The monoisotopic (exact) mass is 319 g/mol. The van der Waals surface area contributed by atoms with Gasteiger partial charge in [0.15, 0.2) is 5.78 Å². The molecule has 98 valence electrons. The van der Waals surface area contributed by atoms with Gasteiger partial charge in [0, 0.05) is 16.5 Å². The Bertz CT molecular complexity index is 611. The molecule has 0 atom stereocenters. The van der Waals surface area contributed by atoms with Gasteiger partial charge in [-0.3, -0.25) is 4.79 Å². The normalized spacial score (nSPS) is 10.2. The topological polar surface area (TPSA) is 52.3 Å². The van der Waals surface area contributed by atoms with Crippen LogP contribution in [0.2, 0.25) is 0 Å². The Hall–Kier alpha value is -1.81. The molecule has 2 N–H and O–H groups in total. The number of hydrogen-bond acceptors (Lipinski definition) is 3. The van der Waals surface area contributed by atoms with Crippen molar-refractivity contribution in [2.45, 2.75) is 6.42 Å². The number of halogens is 1. The van der Waals surface area contributed by atoms with Gasteiger partial charge in [0.2, 0.25) is 0 Å². The number of Topliss-reactive ketones (excluding diaryl/α,β-unsaturated/α-hetero) is 1. The minimum atomic E-state index is -0.0247. The van der Waals surface area contributed by atoms with Crippen molar-refractivity contribution >= 4 is 27.4 Å². The van der Waals surface area contributed by atoms with Crippen molar-refractivity contribution in [2.24, 2.45) is 0 Å². The van der Waals surface area contributed by atoms with Crippen LogP contribution in [0.4, 0.5) is 5.69 Å². The number of carbonyl (C=O) groups excluding carboxylic acids is 1. The van der Waals surface area contributed by atoms with E-state index in [4.69, 9.17) is 10.5 Å². The molecule has 0 amide bonds. The number of carbonyl (C=O) groups is 1. The third kappa shape index (κ3) is 2.96. The molecule has 0 spiro atoms. The molecule has 3 nitrogen and oxygen atoms in total. The zero-order valence-electron chi connectivity index (χ0n) is 10.5. The smallest absolute Gasteiger partial charge is 0.169 e. The second-order valence-corrected chi connectivity index (χ2v) is 4.97. The minimum absolute atomic E-state index is 0.0247. The molecule has 2 aromatic carbocycles. The molecule has 0 aliphatic carbocycles. The van der Waals surface area contributed by atoms with Crippen LogP contribution in [0.1, 0.15) is 15.9 Å². The van der Waals surface area contributed by atoms with E-state index in [-0.39, 0.29) is 5.78 Å². The maximum atomic E-state index is 12.3. The van der Waals surface area contributed by atoms with Crippen LogP contribution in [-0.2, 0) is 6.42 Å². The van der Waals surface area contributed by atoms with Crippen LogP contribution >= 0.6 is 15.9 Å². The highest BCUT2D eigenvalue weighted by atomic mass is 79.9. The van der Waals surface area contributed by atoms with E-state index in [1.807, 2.05) is 24.3 Å². The number of nitrogen functional groups attached to an aromatic ring is 1. The molecule has 0 aromatic heterocycles. The standard InChI is InChI=1S/C15H14BrNO2/c1-19-14-8-4-6-11(15(14)17)13(18)9-10-5-2-3-7-12(10)16/h2-8H,9,17H2,1H3. The first kappa shape index (κ1) is 13.6. The first-order valence-corrected chi connectivity index (χ1v) is 6.62. The largest absolute Gasteiger partial charge is 0.495 e. The highest BCUT2D eigenvalue weighted by Gasteiger charge is 2.14. The molecule has 19 heavy (non-hydrogen) atoms. The number of nitrogens with two attached hydrogens (primary N) is 1. The van der Waals surface area contributed by atoms with E-state index in [1.165, 1.54) is 7.11 Å². The molecule has 0 heterocycles. The first-order valence-electron chi connectivity index (χ1n) is 5.82. The summed E-state index contributed by atoms with van der Waals surface area (Å²) in [7, 11) is 1.54. The summed E-state index contributed by atoms with van der Waals surface area (Å²) in [6.45, 7) is 0. The second-order valence-electron chi connectivity index (χ2n) is 4.11. The van der Waals surface area contributed by atoms with Gasteiger partial charge in [0.1, 0.15) is 5.75 Å². The fourth-order valence-corrected chi connectivity index (χ4v) is 2.30. The van der Waals surface area contributed by atoms with Crippen LogP contribution < -0.4 is 10.5 Å². The van der Waals surface area contributed by atoms with Crippen molar-refractivity contribution in [3.63, 3.8) is 0 Å². The lowest BCUT2D eigenvalue weighted by atomic mass is 10.0. The van der Waals surface area contributed by atoms with Gasteiger partial charge in [0.25, 0.3) is 0 Å². The second kappa shape index (κ2) is 5.89. The van der Waals surface area contributed by atoms with Crippen LogP contribution in [0.5, 0.6) is 5.75 Å². The van der Waals surface area contributed by atoms with Crippen molar-refractivity contribution in [2.75, 3.05) is 12.8 Å². The van der Waals surface area contributed by atoms with Gasteiger partial charge in [-0.1, -0.05) is 40.2 Å². The van der Waals surface area contributed by atoms with Crippen LogP contribution in [0.15, 0.2) is 46.9 Å². The predicted octanol–water partition coefficient (Wildman–Crippen LogP) is 3.47. The number of ketones is 1. The van der Waals surface area contributed by atoms with E-state index < -0.39 is 0 Å². The molecule has 0 aliphatic heterocycles. The average molecular weight is 320 g/mol. The van der Waals surface area contributed by atoms with E-state index >= 15 is 0 Å². The fourth-order valence-electron chi connectivity index (χ4n) is 1.88. The molecule has 0 fully saturated rings. The average Bonchev–Trinajstić information content (AvgIpc) is 2.41. The number of ether oxygens (including phenoxy) is 1. The summed E-state index contributed by atoms with van der Waals surface area (Å²) in [6, 6.07) is 12.9. The molecule has 0 saturated heterocycles. The van der Waals surface area contributed by atoms with Gasteiger partial charge in [0.05, 0.1) is 12.8 Å². The predicted molar refractivity (Wildman–Crippen MR) is 79.6 cm³/mol. The minimum Gasteiger partial charge on any atom is -0.495 e. The Balaban J connectivity index is 2.28. The Morgan fingerprint density at radius 2 is 1.95 bits per heavy atom. The Kier molecular flexibility index (Phi) is 4.22. The number of rotatable bonds is 4. The van der Waals surface area contributed by atoms with Crippen molar-refractivity contribution in [3.8, 4) is 5.75 Å². The van der Waals surface area contributed by atoms with Crippen molar-refractivity contribution < 1.29 is 9.53 Å². The van der Waals surface area contributed by atoms with Gasteiger partial charge >= 0.3 is 0 Å². The van der Waals surface area contributed by atoms with Crippen LogP contribution in [-0.4, -0.2) is 12.9 Å². The van der Waals surface area contributed by atoms with Crippen LogP contribution in [0.25, 0.3) is 0 Å². The first-order chi connectivity index (χ1) is 9.13. The number of methoxy groups -OCH3 is 1. The SMILES string of the molecule is COc1cccc(C(=O)Cc2ccccc2Br)c1N. The maximum absolute atomic E-state index is 12.3. The molecule has 2 rings (SSSR count). The Morgan fingerprint density at radius 1 is 1.21 bits per heavy atom. The van der Waals surface area contributed by atoms with Crippen molar-refractivity contribution in [1.82, 2.24) is 0 Å². The van der Waals surface area contributed by atoms with E-state index in [2.05, 4.69) is 15.9 Å².